The highest BCUT2D eigenvalue weighted by atomic mass is 19.4. The third-order valence-corrected chi connectivity index (χ3v) is 4.44. The highest BCUT2D eigenvalue weighted by Gasteiger charge is 2.37. The van der Waals surface area contributed by atoms with Gasteiger partial charge in [-0.2, -0.15) is 13.2 Å². The van der Waals surface area contributed by atoms with Crippen molar-refractivity contribution in [2.45, 2.75) is 31.6 Å². The normalized spacial score (nSPS) is 14.3. The first-order chi connectivity index (χ1) is 13.4. The van der Waals surface area contributed by atoms with Gasteiger partial charge in [-0.1, -0.05) is 6.07 Å². The zero-order chi connectivity index (χ0) is 19.9. The molecule has 7 nitrogen and oxygen atoms in total. The standard InChI is InChI=1S/C18H18F3N5O2/c1-27-12-6-3-10(7-13(12)28-2)8-26-9-22-14-15(23-11-4-5-11)24-17(18(19,20)21)25-16(14)26/h3,6-7,9,11H,4-5,8H2,1-2H3,(H,23,24,25). The summed E-state index contributed by atoms with van der Waals surface area (Å²) >= 11 is 0. The van der Waals surface area contributed by atoms with Crippen LogP contribution >= 0.6 is 0 Å². The molecule has 10 heteroatoms. The Labute approximate surface area is 158 Å². The van der Waals surface area contributed by atoms with Gasteiger partial charge < -0.3 is 19.4 Å². The van der Waals surface area contributed by atoms with Crippen LogP contribution in [-0.4, -0.2) is 39.8 Å². The maximum Gasteiger partial charge on any atom is 0.451 e. The van der Waals surface area contributed by atoms with Crippen molar-refractivity contribution in [1.29, 1.82) is 0 Å². The highest BCUT2D eigenvalue weighted by Crippen LogP contribution is 2.33. The average molecular weight is 393 g/mol. The van der Waals surface area contributed by atoms with E-state index in [2.05, 4.69) is 20.3 Å². The summed E-state index contributed by atoms with van der Waals surface area (Å²) in [4.78, 5) is 11.6. The lowest BCUT2D eigenvalue weighted by Crippen LogP contribution is -2.15. The Morgan fingerprint density at radius 2 is 1.89 bits per heavy atom. The van der Waals surface area contributed by atoms with Crippen LogP contribution in [0, 0.1) is 0 Å². The Morgan fingerprint density at radius 3 is 2.54 bits per heavy atom. The Balaban J connectivity index is 1.75. The predicted octanol–water partition coefficient (Wildman–Crippen LogP) is 3.48. The first-order valence-corrected chi connectivity index (χ1v) is 8.66. The van der Waals surface area contributed by atoms with Crippen molar-refractivity contribution in [3.63, 3.8) is 0 Å². The average Bonchev–Trinajstić information content (AvgIpc) is 3.39. The van der Waals surface area contributed by atoms with E-state index in [4.69, 9.17) is 9.47 Å². The number of benzene rings is 1. The molecule has 4 rings (SSSR count). The molecular weight excluding hydrogens is 375 g/mol. The van der Waals surface area contributed by atoms with Crippen molar-refractivity contribution in [2.24, 2.45) is 0 Å². The minimum Gasteiger partial charge on any atom is -0.493 e. The number of rotatable bonds is 6. The molecule has 1 fully saturated rings. The summed E-state index contributed by atoms with van der Waals surface area (Å²) in [6.07, 6.45) is -1.38. The molecule has 2 heterocycles. The fourth-order valence-corrected chi connectivity index (χ4v) is 2.88. The van der Waals surface area contributed by atoms with E-state index in [9.17, 15) is 13.2 Å². The van der Waals surface area contributed by atoms with Crippen molar-refractivity contribution in [2.75, 3.05) is 19.5 Å². The molecule has 2 aromatic heterocycles. The number of nitrogens with zero attached hydrogens (tertiary/aromatic N) is 4. The van der Waals surface area contributed by atoms with Gasteiger partial charge in [0, 0.05) is 6.04 Å². The monoisotopic (exact) mass is 393 g/mol. The van der Waals surface area contributed by atoms with Crippen molar-refractivity contribution in [1.82, 2.24) is 19.5 Å². The zero-order valence-electron chi connectivity index (χ0n) is 15.2. The zero-order valence-corrected chi connectivity index (χ0v) is 15.2. The number of halogens is 3. The van der Waals surface area contributed by atoms with E-state index in [0.29, 0.717) is 17.0 Å². The summed E-state index contributed by atoms with van der Waals surface area (Å²) in [5.41, 5.74) is 1.25. The summed E-state index contributed by atoms with van der Waals surface area (Å²) in [7, 11) is 3.05. The van der Waals surface area contributed by atoms with Crippen LogP contribution in [0.15, 0.2) is 24.5 Å². The van der Waals surface area contributed by atoms with Gasteiger partial charge in [0.25, 0.3) is 0 Å². The van der Waals surface area contributed by atoms with Gasteiger partial charge in [0.15, 0.2) is 23.0 Å². The molecular formula is C18H18F3N5O2. The van der Waals surface area contributed by atoms with Gasteiger partial charge in [0.1, 0.15) is 5.52 Å². The van der Waals surface area contributed by atoms with Gasteiger partial charge in [-0.25, -0.2) is 15.0 Å². The van der Waals surface area contributed by atoms with Gasteiger partial charge in [0.2, 0.25) is 5.82 Å². The topological polar surface area (TPSA) is 74.1 Å². The number of aromatic nitrogens is 4. The van der Waals surface area contributed by atoms with Gasteiger partial charge in [-0.05, 0) is 30.5 Å². The highest BCUT2D eigenvalue weighted by molar-refractivity contribution is 5.83. The third kappa shape index (κ3) is 3.54. The molecule has 1 N–H and O–H groups in total. The summed E-state index contributed by atoms with van der Waals surface area (Å²) in [6.45, 7) is 0.272. The Kier molecular flexibility index (Phi) is 4.48. The molecule has 0 spiro atoms. The maximum absolute atomic E-state index is 13.3. The minimum absolute atomic E-state index is 0.117. The van der Waals surface area contributed by atoms with E-state index in [1.165, 1.54) is 20.5 Å². The van der Waals surface area contributed by atoms with Crippen molar-refractivity contribution in [3.8, 4) is 11.5 Å². The first-order valence-electron chi connectivity index (χ1n) is 8.66. The fraction of sp³-hybridized carbons (Fsp3) is 0.389. The summed E-state index contributed by atoms with van der Waals surface area (Å²) in [6, 6.07) is 5.45. The molecule has 1 aromatic carbocycles. The Hall–Kier alpha value is -3.04. The molecule has 1 aliphatic rings. The molecule has 0 radical (unpaired) electrons. The Morgan fingerprint density at radius 1 is 1.14 bits per heavy atom. The second kappa shape index (κ2) is 6.84. The van der Waals surface area contributed by atoms with Crippen molar-refractivity contribution < 1.29 is 22.6 Å². The van der Waals surface area contributed by atoms with Crippen LogP contribution in [0.1, 0.15) is 24.2 Å². The van der Waals surface area contributed by atoms with Gasteiger partial charge >= 0.3 is 6.18 Å². The summed E-state index contributed by atoms with van der Waals surface area (Å²) in [5.74, 6) is 0.0357. The number of hydrogen-bond acceptors (Lipinski definition) is 6. The second-order valence-electron chi connectivity index (χ2n) is 6.55. The van der Waals surface area contributed by atoms with Gasteiger partial charge in [-0.15, -0.1) is 0 Å². The molecule has 0 unspecified atom stereocenters. The number of fused-ring (bicyclic) bond motifs is 1. The number of imidazole rings is 1. The SMILES string of the molecule is COc1ccc(Cn2cnc3c(NC4CC4)nc(C(F)(F)F)nc32)cc1OC. The minimum atomic E-state index is -4.65. The van der Waals surface area contributed by atoms with E-state index in [0.717, 1.165) is 18.4 Å². The maximum atomic E-state index is 13.3. The molecule has 28 heavy (non-hydrogen) atoms. The molecule has 1 saturated carbocycles. The number of ether oxygens (including phenoxy) is 2. The van der Waals surface area contributed by atoms with Gasteiger partial charge in [0.05, 0.1) is 27.1 Å². The molecule has 0 atom stereocenters. The molecule has 0 bridgehead atoms. The number of alkyl halides is 3. The molecule has 0 amide bonds. The largest absolute Gasteiger partial charge is 0.493 e. The van der Waals surface area contributed by atoms with Crippen LogP contribution in [-0.2, 0) is 12.7 Å². The second-order valence-corrected chi connectivity index (χ2v) is 6.55. The molecule has 1 aliphatic carbocycles. The lowest BCUT2D eigenvalue weighted by atomic mass is 10.2. The quantitative estimate of drug-likeness (QED) is 0.691. The van der Waals surface area contributed by atoms with Gasteiger partial charge in [-0.3, -0.25) is 0 Å². The molecule has 3 aromatic rings. The van der Waals surface area contributed by atoms with Crippen LogP contribution < -0.4 is 14.8 Å². The molecule has 0 saturated heterocycles. The van der Waals surface area contributed by atoms with Crippen LogP contribution in [0.2, 0.25) is 0 Å². The lowest BCUT2D eigenvalue weighted by Gasteiger charge is -2.12. The van der Waals surface area contributed by atoms with E-state index < -0.39 is 12.0 Å². The fourth-order valence-electron chi connectivity index (χ4n) is 2.88. The molecule has 0 aliphatic heterocycles. The van der Waals surface area contributed by atoms with Crippen LogP contribution in [0.25, 0.3) is 11.2 Å². The third-order valence-electron chi connectivity index (χ3n) is 4.44. The number of methoxy groups -OCH3 is 2. The van der Waals surface area contributed by atoms with E-state index >= 15 is 0 Å². The van der Waals surface area contributed by atoms with E-state index in [1.54, 1.807) is 16.7 Å². The molecule has 148 valence electrons. The number of nitrogens with one attached hydrogen (secondary N) is 1. The first kappa shape index (κ1) is 18.3. The number of anilines is 1. The van der Waals surface area contributed by atoms with E-state index in [-0.39, 0.29) is 24.1 Å². The van der Waals surface area contributed by atoms with Crippen molar-refractivity contribution in [3.05, 3.63) is 35.9 Å². The summed E-state index contributed by atoms with van der Waals surface area (Å²) < 4.78 is 51.9. The van der Waals surface area contributed by atoms with Crippen LogP contribution in [0.4, 0.5) is 19.0 Å². The van der Waals surface area contributed by atoms with Crippen LogP contribution in [0.5, 0.6) is 11.5 Å². The predicted molar refractivity (Wildman–Crippen MR) is 95.6 cm³/mol. The lowest BCUT2D eigenvalue weighted by molar-refractivity contribution is -0.144. The smallest absolute Gasteiger partial charge is 0.451 e. The Bertz CT molecular complexity index is 1010. The van der Waals surface area contributed by atoms with E-state index in [1.807, 2.05) is 6.07 Å². The summed E-state index contributed by atoms with van der Waals surface area (Å²) in [5, 5.41) is 3.02. The van der Waals surface area contributed by atoms with Crippen molar-refractivity contribution >= 4 is 17.0 Å². The van der Waals surface area contributed by atoms with Crippen LogP contribution in [0.3, 0.4) is 0 Å². The number of hydrogen-bond donors (Lipinski definition) is 1.